The number of hydrogen-bond donors (Lipinski definition) is 1. The highest BCUT2D eigenvalue weighted by molar-refractivity contribution is 6.30. The third kappa shape index (κ3) is 2.69. The Morgan fingerprint density at radius 2 is 2.32 bits per heavy atom. The lowest BCUT2D eigenvalue weighted by atomic mass is 10.1. The van der Waals surface area contributed by atoms with Crippen molar-refractivity contribution in [2.75, 3.05) is 13.2 Å². The third-order valence-electron chi connectivity index (χ3n) is 3.50. The second kappa shape index (κ2) is 5.39. The minimum Gasteiger partial charge on any atom is -0.493 e. The quantitative estimate of drug-likeness (QED) is 0.923. The lowest BCUT2D eigenvalue weighted by molar-refractivity contribution is -0.130. The molecule has 0 spiro atoms. The molecule has 1 fully saturated rings. The maximum absolute atomic E-state index is 11.9. The van der Waals surface area contributed by atoms with E-state index in [1.165, 1.54) is 0 Å². The summed E-state index contributed by atoms with van der Waals surface area (Å²) in [4.78, 5) is 11.9. The van der Waals surface area contributed by atoms with Crippen molar-refractivity contribution in [3.8, 4) is 5.75 Å². The number of rotatable bonds is 3. The highest BCUT2D eigenvalue weighted by Crippen LogP contribution is 2.32. The molecule has 1 atom stereocenters. The fraction of sp³-hybridized carbons (Fsp3) is 0.500. The average molecular weight is 282 g/mol. The SMILES string of the molecule is O=C(NCc1cc(Cl)cc2c1OCC2)[C@@H]1CCCO1. The molecule has 0 unspecified atom stereocenters. The standard InChI is InChI=1S/C14H16ClNO3/c15-11-6-9-3-5-19-13(9)10(7-11)8-16-14(17)12-2-1-4-18-12/h6-7,12H,1-5,8H2,(H,16,17)/t12-/m0/s1. The number of carbonyl (C=O) groups excluding carboxylic acids is 1. The molecule has 102 valence electrons. The molecule has 1 N–H and O–H groups in total. The Bertz CT molecular complexity index is 498. The van der Waals surface area contributed by atoms with E-state index in [4.69, 9.17) is 21.1 Å². The molecule has 19 heavy (non-hydrogen) atoms. The lowest BCUT2D eigenvalue weighted by Gasteiger charge is -2.13. The van der Waals surface area contributed by atoms with Crippen LogP contribution in [0.5, 0.6) is 5.75 Å². The summed E-state index contributed by atoms with van der Waals surface area (Å²) in [6, 6.07) is 3.77. The highest BCUT2D eigenvalue weighted by atomic mass is 35.5. The highest BCUT2D eigenvalue weighted by Gasteiger charge is 2.24. The Kier molecular flexibility index (Phi) is 3.62. The minimum atomic E-state index is -0.298. The van der Waals surface area contributed by atoms with Crippen molar-refractivity contribution in [1.29, 1.82) is 0 Å². The van der Waals surface area contributed by atoms with Gasteiger partial charge in [0.2, 0.25) is 5.91 Å². The van der Waals surface area contributed by atoms with Crippen molar-refractivity contribution in [2.24, 2.45) is 0 Å². The molecule has 1 aromatic carbocycles. The first-order valence-corrected chi connectivity index (χ1v) is 6.95. The topological polar surface area (TPSA) is 47.6 Å². The van der Waals surface area contributed by atoms with Gasteiger partial charge in [0.05, 0.1) is 6.61 Å². The monoisotopic (exact) mass is 281 g/mol. The van der Waals surface area contributed by atoms with Crippen LogP contribution in [0.4, 0.5) is 0 Å². The molecule has 0 saturated carbocycles. The Hall–Kier alpha value is -1.26. The maximum atomic E-state index is 11.9. The fourth-order valence-electron chi connectivity index (χ4n) is 2.56. The minimum absolute atomic E-state index is 0.0516. The summed E-state index contributed by atoms with van der Waals surface area (Å²) in [5.74, 6) is 0.821. The molecule has 1 aromatic rings. The van der Waals surface area contributed by atoms with Crippen molar-refractivity contribution in [2.45, 2.75) is 31.9 Å². The molecule has 4 nitrogen and oxygen atoms in total. The number of hydrogen-bond acceptors (Lipinski definition) is 3. The van der Waals surface area contributed by atoms with E-state index in [1.54, 1.807) is 0 Å². The van der Waals surface area contributed by atoms with E-state index in [-0.39, 0.29) is 12.0 Å². The van der Waals surface area contributed by atoms with Gasteiger partial charge in [-0.2, -0.15) is 0 Å². The summed E-state index contributed by atoms with van der Waals surface area (Å²) < 4.78 is 11.0. The molecular formula is C14H16ClNO3. The third-order valence-corrected chi connectivity index (χ3v) is 3.72. The summed E-state index contributed by atoms with van der Waals surface area (Å²) in [6.07, 6.45) is 2.33. The van der Waals surface area contributed by atoms with Gasteiger partial charge in [-0.25, -0.2) is 0 Å². The summed E-state index contributed by atoms with van der Waals surface area (Å²) in [7, 11) is 0. The van der Waals surface area contributed by atoms with E-state index >= 15 is 0 Å². The number of halogens is 1. The van der Waals surface area contributed by atoms with E-state index in [0.29, 0.717) is 24.8 Å². The molecular weight excluding hydrogens is 266 g/mol. The number of carbonyl (C=O) groups is 1. The van der Waals surface area contributed by atoms with Crippen molar-refractivity contribution >= 4 is 17.5 Å². The van der Waals surface area contributed by atoms with Crippen LogP contribution < -0.4 is 10.1 Å². The number of nitrogens with one attached hydrogen (secondary N) is 1. The van der Waals surface area contributed by atoms with Gasteiger partial charge in [-0.15, -0.1) is 0 Å². The van der Waals surface area contributed by atoms with Crippen LogP contribution in [0.3, 0.4) is 0 Å². The molecule has 0 aromatic heterocycles. The zero-order valence-corrected chi connectivity index (χ0v) is 11.3. The van der Waals surface area contributed by atoms with Gasteiger partial charge < -0.3 is 14.8 Å². The van der Waals surface area contributed by atoms with E-state index in [0.717, 1.165) is 36.1 Å². The summed E-state index contributed by atoms with van der Waals surface area (Å²) >= 11 is 6.08. The van der Waals surface area contributed by atoms with Crippen LogP contribution in [0.25, 0.3) is 0 Å². The largest absolute Gasteiger partial charge is 0.493 e. The first kappa shape index (κ1) is 12.8. The van der Waals surface area contributed by atoms with Crippen LogP contribution in [-0.4, -0.2) is 25.2 Å². The Morgan fingerprint density at radius 3 is 3.11 bits per heavy atom. The molecule has 1 amide bonds. The molecule has 0 bridgehead atoms. The van der Waals surface area contributed by atoms with Gasteiger partial charge in [0.1, 0.15) is 11.9 Å². The molecule has 5 heteroatoms. The van der Waals surface area contributed by atoms with Crippen LogP contribution >= 0.6 is 11.6 Å². The van der Waals surface area contributed by atoms with Gasteiger partial charge >= 0.3 is 0 Å². The normalized spacial score (nSPS) is 21.0. The Labute approximate surface area is 117 Å². The number of fused-ring (bicyclic) bond motifs is 1. The van der Waals surface area contributed by atoms with Crippen LogP contribution in [-0.2, 0) is 22.5 Å². The first-order valence-electron chi connectivity index (χ1n) is 6.57. The van der Waals surface area contributed by atoms with Gasteiger partial charge in [-0.1, -0.05) is 11.6 Å². The zero-order chi connectivity index (χ0) is 13.2. The van der Waals surface area contributed by atoms with Crippen molar-refractivity contribution in [3.63, 3.8) is 0 Å². The predicted octanol–water partition coefficient (Wildman–Crippen LogP) is 2.07. The molecule has 0 radical (unpaired) electrons. The van der Waals surface area contributed by atoms with Crippen LogP contribution in [0, 0.1) is 0 Å². The van der Waals surface area contributed by atoms with Gasteiger partial charge in [0, 0.05) is 30.2 Å². The number of amides is 1. The molecule has 2 aliphatic rings. The summed E-state index contributed by atoms with van der Waals surface area (Å²) in [5.41, 5.74) is 2.06. The average Bonchev–Trinajstić information content (AvgIpc) is 3.05. The van der Waals surface area contributed by atoms with Crippen molar-refractivity contribution in [1.82, 2.24) is 5.32 Å². The Balaban J connectivity index is 1.68. The zero-order valence-electron chi connectivity index (χ0n) is 10.6. The summed E-state index contributed by atoms with van der Waals surface area (Å²) in [5, 5.41) is 3.58. The van der Waals surface area contributed by atoms with Crippen LogP contribution in [0.2, 0.25) is 5.02 Å². The van der Waals surface area contributed by atoms with E-state index < -0.39 is 0 Å². The van der Waals surface area contributed by atoms with Gasteiger partial charge in [-0.3, -0.25) is 4.79 Å². The van der Waals surface area contributed by atoms with Crippen LogP contribution in [0.1, 0.15) is 24.0 Å². The first-order chi connectivity index (χ1) is 9.24. The Morgan fingerprint density at radius 1 is 1.42 bits per heavy atom. The molecule has 1 saturated heterocycles. The van der Waals surface area contributed by atoms with Crippen molar-refractivity contribution < 1.29 is 14.3 Å². The molecule has 2 heterocycles. The van der Waals surface area contributed by atoms with E-state index in [2.05, 4.69) is 5.32 Å². The van der Waals surface area contributed by atoms with E-state index in [1.807, 2.05) is 12.1 Å². The molecule has 3 rings (SSSR count). The second-order valence-electron chi connectivity index (χ2n) is 4.87. The van der Waals surface area contributed by atoms with E-state index in [9.17, 15) is 4.79 Å². The van der Waals surface area contributed by atoms with Crippen molar-refractivity contribution in [3.05, 3.63) is 28.3 Å². The second-order valence-corrected chi connectivity index (χ2v) is 5.31. The predicted molar refractivity (Wildman–Crippen MR) is 71.5 cm³/mol. The fourth-order valence-corrected chi connectivity index (χ4v) is 2.82. The number of benzene rings is 1. The maximum Gasteiger partial charge on any atom is 0.249 e. The summed E-state index contributed by atoms with van der Waals surface area (Å²) in [6.45, 7) is 1.79. The molecule has 2 aliphatic heterocycles. The smallest absolute Gasteiger partial charge is 0.249 e. The van der Waals surface area contributed by atoms with Crippen LogP contribution in [0.15, 0.2) is 12.1 Å². The number of ether oxygens (including phenoxy) is 2. The van der Waals surface area contributed by atoms with Gasteiger partial charge in [0.15, 0.2) is 0 Å². The lowest BCUT2D eigenvalue weighted by Crippen LogP contribution is -2.33. The van der Waals surface area contributed by atoms with Gasteiger partial charge in [-0.05, 0) is 30.5 Å². The van der Waals surface area contributed by atoms with Gasteiger partial charge in [0.25, 0.3) is 0 Å². The molecule has 0 aliphatic carbocycles.